The Morgan fingerprint density at radius 1 is 1.21 bits per heavy atom. The number of nitrogens with one attached hydrogen (secondary N) is 2. The summed E-state index contributed by atoms with van der Waals surface area (Å²) in [6.07, 6.45) is 0.524. The van der Waals surface area contributed by atoms with Crippen molar-refractivity contribution in [1.82, 2.24) is 19.5 Å². The Kier molecular flexibility index (Phi) is 3.94. The van der Waals surface area contributed by atoms with E-state index >= 15 is 0 Å². The maximum Gasteiger partial charge on any atom is 0.276 e. The van der Waals surface area contributed by atoms with Gasteiger partial charge in [0.2, 0.25) is 5.09 Å². The molecule has 1 aromatic carbocycles. The van der Waals surface area contributed by atoms with Gasteiger partial charge in [0.25, 0.3) is 10.0 Å². The molecule has 150 valence electrons. The SMILES string of the molecule is Cc1[nH]nc(-c2ccc(S(=O)(=O)N3CCc4[nH]c5ccc(F)cc5c4C3)o2)c1C. The van der Waals surface area contributed by atoms with E-state index in [4.69, 9.17) is 4.42 Å². The van der Waals surface area contributed by atoms with Crippen molar-refractivity contribution in [1.29, 1.82) is 0 Å². The van der Waals surface area contributed by atoms with Gasteiger partial charge in [-0.25, -0.2) is 12.8 Å². The number of rotatable bonds is 3. The van der Waals surface area contributed by atoms with Crippen molar-refractivity contribution in [2.24, 2.45) is 0 Å². The molecule has 4 aromatic rings. The highest BCUT2D eigenvalue weighted by atomic mass is 32.2. The van der Waals surface area contributed by atoms with E-state index in [2.05, 4.69) is 15.2 Å². The standard InChI is InChI=1S/C20H19FN4O3S/c1-11-12(2)23-24-20(11)18-5-6-19(28-18)29(26,27)25-8-7-17-15(10-25)14-9-13(21)3-4-16(14)22-17/h3-6,9,22H,7-8,10H2,1-2H3,(H,23,24). The lowest BCUT2D eigenvalue weighted by atomic mass is 10.1. The molecule has 0 aliphatic carbocycles. The van der Waals surface area contributed by atoms with Crippen LogP contribution in [0.25, 0.3) is 22.4 Å². The number of nitrogens with zero attached hydrogens (tertiary/aromatic N) is 2. The van der Waals surface area contributed by atoms with Gasteiger partial charge < -0.3 is 9.40 Å². The Bertz CT molecular complexity index is 1350. The van der Waals surface area contributed by atoms with Crippen molar-refractivity contribution in [3.63, 3.8) is 0 Å². The average Bonchev–Trinajstić information content (AvgIpc) is 3.40. The van der Waals surface area contributed by atoms with Crippen LogP contribution in [0.15, 0.2) is 39.8 Å². The third-order valence-electron chi connectivity index (χ3n) is 5.56. The molecular formula is C20H19FN4O3S. The molecule has 1 aliphatic rings. The Labute approximate surface area is 166 Å². The highest BCUT2D eigenvalue weighted by molar-refractivity contribution is 7.89. The topological polar surface area (TPSA) is 95.0 Å². The van der Waals surface area contributed by atoms with E-state index in [-0.39, 0.29) is 17.5 Å². The molecule has 5 rings (SSSR count). The molecule has 1 aliphatic heterocycles. The van der Waals surface area contributed by atoms with Crippen molar-refractivity contribution in [2.45, 2.75) is 31.9 Å². The van der Waals surface area contributed by atoms with Crippen LogP contribution in [0.2, 0.25) is 0 Å². The zero-order valence-electron chi connectivity index (χ0n) is 15.9. The first kappa shape index (κ1) is 18.1. The maximum absolute atomic E-state index is 13.7. The first-order valence-electron chi connectivity index (χ1n) is 9.25. The number of benzene rings is 1. The van der Waals surface area contributed by atoms with Gasteiger partial charge in [-0.1, -0.05) is 0 Å². The van der Waals surface area contributed by atoms with Gasteiger partial charge in [-0.05, 0) is 49.7 Å². The highest BCUT2D eigenvalue weighted by Crippen LogP contribution is 2.33. The van der Waals surface area contributed by atoms with Crippen LogP contribution in [0.1, 0.15) is 22.5 Å². The lowest BCUT2D eigenvalue weighted by molar-refractivity contribution is 0.367. The molecule has 0 saturated heterocycles. The minimum absolute atomic E-state index is 0.123. The van der Waals surface area contributed by atoms with Crippen LogP contribution in [0, 0.1) is 19.7 Å². The number of hydrogen-bond donors (Lipinski definition) is 2. The molecule has 0 amide bonds. The number of aromatic amines is 2. The molecule has 0 radical (unpaired) electrons. The lowest BCUT2D eigenvalue weighted by Gasteiger charge is -2.25. The third-order valence-corrected chi connectivity index (χ3v) is 7.28. The number of sulfonamides is 1. The van der Waals surface area contributed by atoms with E-state index in [0.717, 1.165) is 28.0 Å². The largest absolute Gasteiger partial charge is 0.442 e. The fraction of sp³-hybridized carbons (Fsp3) is 0.250. The zero-order valence-corrected chi connectivity index (χ0v) is 16.7. The predicted molar refractivity (Wildman–Crippen MR) is 105 cm³/mol. The molecule has 0 fully saturated rings. The Balaban J connectivity index is 1.49. The lowest BCUT2D eigenvalue weighted by Crippen LogP contribution is -2.35. The summed E-state index contributed by atoms with van der Waals surface area (Å²) in [6.45, 7) is 4.27. The van der Waals surface area contributed by atoms with Crippen molar-refractivity contribution < 1.29 is 17.2 Å². The Hall–Kier alpha value is -2.91. The van der Waals surface area contributed by atoms with Gasteiger partial charge in [0.05, 0.1) is 0 Å². The summed E-state index contributed by atoms with van der Waals surface area (Å²) in [5.41, 5.74) is 4.96. The maximum atomic E-state index is 13.7. The van der Waals surface area contributed by atoms with Gasteiger partial charge in [0.15, 0.2) is 5.76 Å². The number of H-pyrrole nitrogens is 2. The monoisotopic (exact) mass is 414 g/mol. The fourth-order valence-electron chi connectivity index (χ4n) is 3.81. The zero-order chi connectivity index (χ0) is 20.3. The van der Waals surface area contributed by atoms with E-state index in [1.807, 2.05) is 13.8 Å². The van der Waals surface area contributed by atoms with E-state index < -0.39 is 10.0 Å². The third kappa shape index (κ3) is 2.80. The van der Waals surface area contributed by atoms with E-state index in [0.29, 0.717) is 29.8 Å². The minimum atomic E-state index is -3.83. The molecule has 0 saturated carbocycles. The van der Waals surface area contributed by atoms with E-state index in [1.54, 1.807) is 12.1 Å². The second kappa shape index (κ2) is 6.30. The molecule has 29 heavy (non-hydrogen) atoms. The van der Waals surface area contributed by atoms with Crippen molar-refractivity contribution >= 4 is 20.9 Å². The Morgan fingerprint density at radius 3 is 2.79 bits per heavy atom. The predicted octanol–water partition coefficient (Wildman–Crippen LogP) is 3.65. The second-order valence-electron chi connectivity index (χ2n) is 7.30. The van der Waals surface area contributed by atoms with Crippen molar-refractivity contribution in [2.75, 3.05) is 6.54 Å². The minimum Gasteiger partial charge on any atom is -0.442 e. The number of aromatic nitrogens is 3. The summed E-state index contributed by atoms with van der Waals surface area (Å²) >= 11 is 0. The first-order chi connectivity index (χ1) is 13.8. The number of fused-ring (bicyclic) bond motifs is 3. The van der Waals surface area contributed by atoms with Crippen molar-refractivity contribution in [3.05, 3.63) is 58.7 Å². The normalized spacial score (nSPS) is 15.1. The molecule has 4 heterocycles. The van der Waals surface area contributed by atoms with Crippen LogP contribution in [-0.2, 0) is 23.0 Å². The molecule has 7 nitrogen and oxygen atoms in total. The van der Waals surface area contributed by atoms with Crippen LogP contribution in [0.5, 0.6) is 0 Å². The second-order valence-corrected chi connectivity index (χ2v) is 9.17. The summed E-state index contributed by atoms with van der Waals surface area (Å²) in [7, 11) is -3.83. The van der Waals surface area contributed by atoms with Crippen LogP contribution < -0.4 is 0 Å². The molecular weight excluding hydrogens is 395 g/mol. The van der Waals surface area contributed by atoms with E-state index in [1.165, 1.54) is 22.5 Å². The van der Waals surface area contributed by atoms with Crippen LogP contribution >= 0.6 is 0 Å². The van der Waals surface area contributed by atoms with Crippen LogP contribution in [0.4, 0.5) is 4.39 Å². The summed E-state index contributed by atoms with van der Waals surface area (Å²) in [4.78, 5) is 3.27. The number of aryl methyl sites for hydroxylation is 1. The molecule has 0 atom stereocenters. The Morgan fingerprint density at radius 2 is 2.03 bits per heavy atom. The number of furan rings is 1. The smallest absolute Gasteiger partial charge is 0.276 e. The van der Waals surface area contributed by atoms with Gasteiger partial charge in [0, 0.05) is 47.4 Å². The highest BCUT2D eigenvalue weighted by Gasteiger charge is 2.33. The van der Waals surface area contributed by atoms with Gasteiger partial charge in [-0.2, -0.15) is 9.40 Å². The molecule has 9 heteroatoms. The molecule has 0 spiro atoms. The fourth-order valence-corrected chi connectivity index (χ4v) is 5.13. The number of hydrogen-bond acceptors (Lipinski definition) is 4. The van der Waals surface area contributed by atoms with E-state index in [9.17, 15) is 12.8 Å². The molecule has 0 unspecified atom stereocenters. The summed E-state index contributed by atoms with van der Waals surface area (Å²) < 4.78 is 47.1. The average molecular weight is 414 g/mol. The van der Waals surface area contributed by atoms with Crippen LogP contribution in [-0.4, -0.2) is 34.4 Å². The van der Waals surface area contributed by atoms with Gasteiger partial charge in [-0.15, -0.1) is 0 Å². The summed E-state index contributed by atoms with van der Waals surface area (Å²) in [6, 6.07) is 7.58. The van der Waals surface area contributed by atoms with Crippen LogP contribution in [0.3, 0.4) is 0 Å². The molecule has 0 bridgehead atoms. The molecule has 2 N–H and O–H groups in total. The van der Waals surface area contributed by atoms with Gasteiger partial charge >= 0.3 is 0 Å². The summed E-state index contributed by atoms with van der Waals surface area (Å²) in [5, 5.41) is 7.65. The summed E-state index contributed by atoms with van der Waals surface area (Å²) in [5.74, 6) is 0.0527. The quantitative estimate of drug-likeness (QED) is 0.535. The molecule has 3 aromatic heterocycles. The van der Waals surface area contributed by atoms with Gasteiger partial charge in [-0.3, -0.25) is 5.10 Å². The first-order valence-corrected chi connectivity index (χ1v) is 10.7. The number of halogens is 1. The van der Waals surface area contributed by atoms with Crippen molar-refractivity contribution in [3.8, 4) is 11.5 Å². The van der Waals surface area contributed by atoms with Gasteiger partial charge in [0.1, 0.15) is 11.5 Å².